The first-order chi connectivity index (χ1) is 17.0. The minimum atomic E-state index is -0.593. The average Bonchev–Trinajstić information content (AvgIpc) is 2.87. The minimum absolute atomic E-state index is 0.0569. The smallest absolute Gasteiger partial charge is 0.335 e. The summed E-state index contributed by atoms with van der Waals surface area (Å²) in [5.41, 5.74) is 4.15. The van der Waals surface area contributed by atoms with Crippen LogP contribution in [0.3, 0.4) is 0 Å². The van der Waals surface area contributed by atoms with Crippen molar-refractivity contribution in [2.45, 2.75) is 71.8 Å². The fourth-order valence-corrected chi connectivity index (χ4v) is 3.92. The van der Waals surface area contributed by atoms with E-state index in [0.29, 0.717) is 19.6 Å². The maximum atomic E-state index is 13.0. The Hall–Kier alpha value is -2.86. The topological polar surface area (TPSA) is 67.9 Å². The number of carbonyl (C=O) groups is 2. The second-order valence-electron chi connectivity index (χ2n) is 8.94. The van der Waals surface area contributed by atoms with Crippen molar-refractivity contribution in [2.75, 3.05) is 32.1 Å². The summed E-state index contributed by atoms with van der Waals surface area (Å²) in [6.07, 6.45) is 6.45. The Bertz CT molecular complexity index is 881. The molecule has 35 heavy (non-hydrogen) atoms. The van der Waals surface area contributed by atoms with Crippen molar-refractivity contribution in [3.63, 3.8) is 0 Å². The molecule has 1 atom stereocenters. The van der Waals surface area contributed by atoms with E-state index in [1.165, 1.54) is 31.9 Å². The van der Waals surface area contributed by atoms with Crippen LogP contribution in [0.25, 0.3) is 0 Å². The Morgan fingerprint density at radius 2 is 1.54 bits per heavy atom. The van der Waals surface area contributed by atoms with Crippen LogP contribution < -0.4 is 5.32 Å². The quantitative estimate of drug-likeness (QED) is 0.244. The number of esters is 1. The summed E-state index contributed by atoms with van der Waals surface area (Å²) in [7, 11) is 1.38. The molecular weight excluding hydrogens is 440 g/mol. The molecule has 2 amide bonds. The summed E-state index contributed by atoms with van der Waals surface area (Å²) >= 11 is 0. The molecule has 0 saturated heterocycles. The van der Waals surface area contributed by atoms with Crippen molar-refractivity contribution in [1.82, 2.24) is 4.90 Å². The van der Waals surface area contributed by atoms with Crippen LogP contribution in [0, 0.1) is 6.92 Å². The third-order valence-corrected chi connectivity index (χ3v) is 6.07. The molecule has 1 unspecified atom stereocenters. The lowest BCUT2D eigenvalue weighted by Crippen LogP contribution is -2.37. The van der Waals surface area contributed by atoms with Gasteiger partial charge in [-0.2, -0.15) is 0 Å². The van der Waals surface area contributed by atoms with E-state index in [0.717, 1.165) is 42.6 Å². The monoisotopic (exact) mass is 482 g/mol. The molecule has 0 radical (unpaired) electrons. The molecule has 2 rings (SSSR count). The van der Waals surface area contributed by atoms with Crippen molar-refractivity contribution >= 4 is 17.7 Å². The number of hydrogen-bond donors (Lipinski definition) is 1. The summed E-state index contributed by atoms with van der Waals surface area (Å²) in [5, 5.41) is 3.05. The molecule has 0 spiro atoms. The molecule has 0 bridgehead atoms. The standard InChI is InChI=1S/C29H42N2O4/c1-5-7-8-9-10-20-31(29(33)30-26-17-11-23(3)12-18-26)21-19-24-13-15-25(16-14-24)22-27(35-6-2)28(32)34-4/h11-18,27H,5-10,19-22H2,1-4H3,(H,30,33). The Morgan fingerprint density at radius 3 is 2.17 bits per heavy atom. The number of carbonyl (C=O) groups excluding carboxylic acids is 2. The zero-order valence-corrected chi connectivity index (χ0v) is 21.8. The fraction of sp³-hybridized carbons (Fsp3) is 0.517. The highest BCUT2D eigenvalue weighted by atomic mass is 16.6. The lowest BCUT2D eigenvalue weighted by molar-refractivity contribution is -0.153. The van der Waals surface area contributed by atoms with E-state index >= 15 is 0 Å². The van der Waals surface area contributed by atoms with Gasteiger partial charge in [-0.1, -0.05) is 74.6 Å². The number of nitrogens with one attached hydrogen (secondary N) is 1. The molecule has 0 aromatic heterocycles. The number of anilines is 1. The molecule has 1 N–H and O–H groups in total. The first-order valence-corrected chi connectivity index (χ1v) is 12.9. The van der Waals surface area contributed by atoms with Crippen LogP contribution >= 0.6 is 0 Å². The maximum Gasteiger partial charge on any atom is 0.335 e. The van der Waals surface area contributed by atoms with E-state index in [-0.39, 0.29) is 12.0 Å². The molecule has 192 valence electrons. The van der Waals surface area contributed by atoms with Crippen LogP contribution in [-0.4, -0.2) is 49.8 Å². The number of amides is 2. The van der Waals surface area contributed by atoms with Crippen molar-refractivity contribution in [3.05, 3.63) is 65.2 Å². The number of rotatable bonds is 15. The van der Waals surface area contributed by atoms with Crippen LogP contribution in [0.4, 0.5) is 10.5 Å². The molecule has 2 aromatic rings. The number of ether oxygens (including phenoxy) is 2. The van der Waals surface area contributed by atoms with Gasteiger partial charge >= 0.3 is 12.0 Å². The molecule has 0 fully saturated rings. The highest BCUT2D eigenvalue weighted by Crippen LogP contribution is 2.14. The molecule has 0 aliphatic rings. The van der Waals surface area contributed by atoms with Crippen LogP contribution in [0.2, 0.25) is 0 Å². The molecule has 2 aromatic carbocycles. The molecule has 0 saturated carbocycles. The Labute approximate surface area is 211 Å². The van der Waals surface area contributed by atoms with E-state index in [1.54, 1.807) is 0 Å². The summed E-state index contributed by atoms with van der Waals surface area (Å²) < 4.78 is 10.4. The van der Waals surface area contributed by atoms with Gasteiger partial charge in [-0.15, -0.1) is 0 Å². The van der Waals surface area contributed by atoms with Crippen LogP contribution in [-0.2, 0) is 27.1 Å². The summed E-state index contributed by atoms with van der Waals surface area (Å²) in [6, 6.07) is 16.0. The Kier molecular flexibility index (Phi) is 12.9. The first kappa shape index (κ1) is 28.4. The normalized spacial score (nSPS) is 11.7. The van der Waals surface area contributed by atoms with E-state index in [1.807, 2.05) is 55.1 Å². The molecule has 6 heteroatoms. The lowest BCUT2D eigenvalue weighted by atomic mass is 10.0. The van der Waals surface area contributed by atoms with Gasteiger partial charge in [-0.05, 0) is 49.9 Å². The number of unbranched alkanes of at least 4 members (excludes halogenated alkanes) is 4. The van der Waals surface area contributed by atoms with Crippen LogP contribution in [0.1, 0.15) is 62.6 Å². The zero-order chi connectivity index (χ0) is 25.5. The second kappa shape index (κ2) is 15.9. The Balaban J connectivity index is 1.96. The number of nitrogens with zero attached hydrogens (tertiary/aromatic N) is 1. The number of hydrogen-bond acceptors (Lipinski definition) is 4. The molecular formula is C29H42N2O4. The number of aryl methyl sites for hydroxylation is 1. The van der Waals surface area contributed by atoms with Gasteiger partial charge in [0.2, 0.25) is 0 Å². The van der Waals surface area contributed by atoms with Crippen molar-refractivity contribution in [3.8, 4) is 0 Å². The third-order valence-electron chi connectivity index (χ3n) is 6.07. The highest BCUT2D eigenvalue weighted by molar-refractivity contribution is 5.89. The van der Waals surface area contributed by atoms with Gasteiger partial charge in [0.1, 0.15) is 0 Å². The minimum Gasteiger partial charge on any atom is -0.467 e. The SMILES string of the molecule is CCCCCCCN(CCc1ccc(CC(OCC)C(=O)OC)cc1)C(=O)Nc1ccc(C)cc1. The predicted molar refractivity (Wildman–Crippen MR) is 142 cm³/mol. The number of benzene rings is 2. The summed E-state index contributed by atoms with van der Waals surface area (Å²) in [5.74, 6) is -0.356. The van der Waals surface area contributed by atoms with Crippen molar-refractivity contribution in [1.29, 1.82) is 0 Å². The molecule has 0 heterocycles. The molecule has 6 nitrogen and oxygen atoms in total. The van der Waals surface area contributed by atoms with Gasteiger partial charge in [0.15, 0.2) is 6.10 Å². The van der Waals surface area contributed by atoms with E-state index < -0.39 is 6.10 Å². The fourth-order valence-electron chi connectivity index (χ4n) is 3.92. The van der Waals surface area contributed by atoms with E-state index in [9.17, 15) is 9.59 Å². The number of methoxy groups -OCH3 is 1. The molecule has 0 aliphatic heterocycles. The van der Waals surface area contributed by atoms with Gasteiger partial charge in [-0.25, -0.2) is 9.59 Å². The van der Waals surface area contributed by atoms with Crippen LogP contribution in [0.15, 0.2) is 48.5 Å². The van der Waals surface area contributed by atoms with Crippen molar-refractivity contribution in [2.24, 2.45) is 0 Å². The first-order valence-electron chi connectivity index (χ1n) is 12.9. The maximum absolute atomic E-state index is 13.0. The summed E-state index contributed by atoms with van der Waals surface area (Å²) in [4.78, 5) is 26.9. The predicted octanol–water partition coefficient (Wildman–Crippen LogP) is 6.16. The van der Waals surface area contributed by atoms with Gasteiger partial charge in [0, 0.05) is 31.8 Å². The number of urea groups is 1. The van der Waals surface area contributed by atoms with E-state index in [4.69, 9.17) is 9.47 Å². The zero-order valence-electron chi connectivity index (χ0n) is 21.8. The van der Waals surface area contributed by atoms with Gasteiger partial charge in [0.05, 0.1) is 7.11 Å². The van der Waals surface area contributed by atoms with Crippen molar-refractivity contribution < 1.29 is 19.1 Å². The summed E-state index contributed by atoms with van der Waals surface area (Å²) in [6.45, 7) is 7.95. The van der Waals surface area contributed by atoms with Gasteiger partial charge in [0.25, 0.3) is 0 Å². The lowest BCUT2D eigenvalue weighted by Gasteiger charge is -2.23. The second-order valence-corrected chi connectivity index (χ2v) is 8.94. The van der Waals surface area contributed by atoms with Crippen LogP contribution in [0.5, 0.6) is 0 Å². The van der Waals surface area contributed by atoms with Gasteiger partial charge < -0.3 is 19.7 Å². The Morgan fingerprint density at radius 1 is 0.886 bits per heavy atom. The third kappa shape index (κ3) is 10.5. The van der Waals surface area contributed by atoms with Gasteiger partial charge in [-0.3, -0.25) is 0 Å². The average molecular weight is 483 g/mol. The van der Waals surface area contributed by atoms with E-state index in [2.05, 4.69) is 24.4 Å². The highest BCUT2D eigenvalue weighted by Gasteiger charge is 2.20. The molecule has 0 aliphatic carbocycles. The largest absolute Gasteiger partial charge is 0.467 e.